The van der Waals surface area contributed by atoms with Gasteiger partial charge in [0, 0.05) is 23.3 Å². The van der Waals surface area contributed by atoms with Crippen molar-refractivity contribution in [2.45, 2.75) is 6.92 Å². The lowest BCUT2D eigenvalue weighted by atomic mass is 10.0. The molecular formula is C24H20N4O3. The van der Waals surface area contributed by atoms with E-state index in [1.807, 2.05) is 43.3 Å². The zero-order valence-corrected chi connectivity index (χ0v) is 16.8. The molecule has 4 rings (SSSR count). The highest BCUT2D eigenvalue weighted by atomic mass is 16.5. The first-order chi connectivity index (χ1) is 15.2. The van der Waals surface area contributed by atoms with Gasteiger partial charge in [0.1, 0.15) is 0 Å². The Labute approximate surface area is 179 Å². The molecule has 31 heavy (non-hydrogen) atoms. The number of para-hydroxylation sites is 1. The van der Waals surface area contributed by atoms with Crippen LogP contribution in [0.4, 0.5) is 0 Å². The standard InChI is InChI=1S/C24H20N4O3/c1-2-31-23-12-16(9-10-22(23)29)14-26-28-24(30)19-13-21(17-6-5-11-25-15-17)27-20-8-4-3-7-18(19)20/h3-15,29H,2H2,1H3,(H,28,30). The fraction of sp³-hybridized carbons (Fsp3) is 0.0833. The Morgan fingerprint density at radius 1 is 1.16 bits per heavy atom. The summed E-state index contributed by atoms with van der Waals surface area (Å²) < 4.78 is 5.37. The molecule has 4 aromatic rings. The van der Waals surface area contributed by atoms with E-state index in [0.717, 1.165) is 10.9 Å². The molecule has 0 radical (unpaired) electrons. The number of amides is 1. The number of fused-ring (bicyclic) bond motifs is 1. The highest BCUT2D eigenvalue weighted by Crippen LogP contribution is 2.26. The number of aromatic nitrogens is 2. The molecule has 0 fully saturated rings. The molecule has 0 bridgehead atoms. The fourth-order valence-corrected chi connectivity index (χ4v) is 3.13. The third-order valence-electron chi connectivity index (χ3n) is 4.58. The van der Waals surface area contributed by atoms with Crippen LogP contribution < -0.4 is 10.2 Å². The second-order valence-corrected chi connectivity index (χ2v) is 6.67. The number of carbonyl (C=O) groups excluding carboxylic acids is 1. The molecule has 0 saturated carbocycles. The van der Waals surface area contributed by atoms with Crippen molar-refractivity contribution in [2.24, 2.45) is 5.10 Å². The summed E-state index contributed by atoms with van der Waals surface area (Å²) >= 11 is 0. The topological polar surface area (TPSA) is 96.7 Å². The number of hydrogen-bond acceptors (Lipinski definition) is 6. The fourth-order valence-electron chi connectivity index (χ4n) is 3.13. The lowest BCUT2D eigenvalue weighted by Crippen LogP contribution is -2.18. The van der Waals surface area contributed by atoms with Gasteiger partial charge in [0.05, 0.1) is 29.6 Å². The highest BCUT2D eigenvalue weighted by molar-refractivity contribution is 6.07. The molecule has 0 aliphatic rings. The molecule has 7 nitrogen and oxygen atoms in total. The molecule has 0 atom stereocenters. The van der Waals surface area contributed by atoms with E-state index < -0.39 is 0 Å². The van der Waals surface area contributed by atoms with Gasteiger partial charge in [0.2, 0.25) is 0 Å². The molecule has 2 aromatic carbocycles. The maximum Gasteiger partial charge on any atom is 0.272 e. The summed E-state index contributed by atoms with van der Waals surface area (Å²) in [5, 5.41) is 14.6. The van der Waals surface area contributed by atoms with Crippen molar-refractivity contribution in [2.75, 3.05) is 6.61 Å². The molecule has 0 unspecified atom stereocenters. The molecule has 2 heterocycles. The molecule has 0 aliphatic carbocycles. The summed E-state index contributed by atoms with van der Waals surface area (Å²) in [4.78, 5) is 21.7. The molecule has 154 valence electrons. The quantitative estimate of drug-likeness (QED) is 0.366. The first-order valence-electron chi connectivity index (χ1n) is 9.75. The van der Waals surface area contributed by atoms with Gasteiger partial charge in [-0.2, -0.15) is 5.10 Å². The van der Waals surface area contributed by atoms with Crippen molar-refractivity contribution in [3.63, 3.8) is 0 Å². The maximum atomic E-state index is 12.9. The number of carbonyl (C=O) groups is 1. The van der Waals surface area contributed by atoms with Gasteiger partial charge < -0.3 is 9.84 Å². The molecule has 2 N–H and O–H groups in total. The van der Waals surface area contributed by atoms with Crippen LogP contribution in [-0.4, -0.2) is 33.8 Å². The van der Waals surface area contributed by atoms with E-state index in [0.29, 0.717) is 34.7 Å². The molecule has 2 aromatic heterocycles. The Morgan fingerprint density at radius 3 is 2.84 bits per heavy atom. The molecule has 1 amide bonds. The van der Waals surface area contributed by atoms with E-state index in [1.165, 1.54) is 12.3 Å². The monoisotopic (exact) mass is 412 g/mol. The van der Waals surface area contributed by atoms with Gasteiger partial charge in [0.25, 0.3) is 5.91 Å². The molecule has 7 heteroatoms. The molecule has 0 spiro atoms. The number of benzene rings is 2. The first-order valence-corrected chi connectivity index (χ1v) is 9.75. The van der Waals surface area contributed by atoms with Crippen molar-refractivity contribution >= 4 is 23.0 Å². The Kier molecular flexibility index (Phi) is 5.84. The SMILES string of the molecule is CCOc1cc(C=NNC(=O)c2cc(-c3cccnc3)nc3ccccc23)ccc1O. The number of rotatable bonds is 6. The molecule has 0 aliphatic heterocycles. The van der Waals surface area contributed by atoms with Gasteiger partial charge in [-0.05, 0) is 55.0 Å². The highest BCUT2D eigenvalue weighted by Gasteiger charge is 2.13. The van der Waals surface area contributed by atoms with Crippen LogP contribution >= 0.6 is 0 Å². The van der Waals surface area contributed by atoms with Gasteiger partial charge >= 0.3 is 0 Å². The predicted octanol–water partition coefficient (Wildman–Crippen LogP) is 4.17. The summed E-state index contributed by atoms with van der Waals surface area (Å²) in [6.45, 7) is 2.26. The van der Waals surface area contributed by atoms with E-state index >= 15 is 0 Å². The van der Waals surface area contributed by atoms with E-state index in [4.69, 9.17) is 4.74 Å². The summed E-state index contributed by atoms with van der Waals surface area (Å²) in [6.07, 6.45) is 4.89. The van der Waals surface area contributed by atoms with Crippen LogP contribution in [0.3, 0.4) is 0 Å². The number of nitrogens with zero attached hydrogens (tertiary/aromatic N) is 3. The lowest BCUT2D eigenvalue weighted by Gasteiger charge is -2.09. The Hall–Kier alpha value is -4.26. The van der Waals surface area contributed by atoms with Gasteiger partial charge in [0.15, 0.2) is 11.5 Å². The number of pyridine rings is 2. The number of ether oxygens (including phenoxy) is 1. The second-order valence-electron chi connectivity index (χ2n) is 6.67. The van der Waals surface area contributed by atoms with E-state index in [9.17, 15) is 9.90 Å². The Bertz CT molecular complexity index is 1260. The van der Waals surface area contributed by atoms with E-state index in [-0.39, 0.29) is 11.7 Å². The third-order valence-corrected chi connectivity index (χ3v) is 4.58. The Balaban J connectivity index is 1.62. The first kappa shape index (κ1) is 20.0. The number of aromatic hydroxyl groups is 1. The van der Waals surface area contributed by atoms with Crippen LogP contribution in [0.15, 0.2) is 78.2 Å². The average Bonchev–Trinajstić information content (AvgIpc) is 2.81. The number of hydrogen-bond donors (Lipinski definition) is 2. The summed E-state index contributed by atoms with van der Waals surface area (Å²) in [5.74, 6) is 0.0528. The Morgan fingerprint density at radius 2 is 2.03 bits per heavy atom. The van der Waals surface area contributed by atoms with Crippen molar-refractivity contribution in [3.8, 4) is 22.8 Å². The van der Waals surface area contributed by atoms with Crippen LogP contribution in [0.25, 0.3) is 22.2 Å². The van der Waals surface area contributed by atoms with E-state index in [1.54, 1.807) is 30.6 Å². The minimum atomic E-state index is -0.358. The zero-order chi connectivity index (χ0) is 21.6. The predicted molar refractivity (Wildman–Crippen MR) is 119 cm³/mol. The normalized spacial score (nSPS) is 11.0. The zero-order valence-electron chi connectivity index (χ0n) is 16.8. The van der Waals surface area contributed by atoms with Crippen molar-refractivity contribution in [3.05, 3.63) is 84.2 Å². The summed E-state index contributed by atoms with van der Waals surface area (Å²) in [5.41, 5.74) is 5.88. The van der Waals surface area contributed by atoms with Crippen LogP contribution in [0.5, 0.6) is 11.5 Å². The summed E-state index contributed by atoms with van der Waals surface area (Å²) in [7, 11) is 0. The van der Waals surface area contributed by atoms with Crippen LogP contribution in [-0.2, 0) is 0 Å². The largest absolute Gasteiger partial charge is 0.504 e. The number of phenolic OH excluding ortho intramolecular Hbond substituents is 1. The number of phenols is 1. The van der Waals surface area contributed by atoms with E-state index in [2.05, 4.69) is 20.5 Å². The van der Waals surface area contributed by atoms with Crippen molar-refractivity contribution in [1.29, 1.82) is 0 Å². The minimum Gasteiger partial charge on any atom is -0.504 e. The second kappa shape index (κ2) is 9.04. The average molecular weight is 412 g/mol. The summed E-state index contributed by atoms with van der Waals surface area (Å²) in [6, 6.07) is 17.7. The van der Waals surface area contributed by atoms with Crippen molar-refractivity contribution in [1.82, 2.24) is 15.4 Å². The van der Waals surface area contributed by atoms with Gasteiger partial charge in [-0.1, -0.05) is 18.2 Å². The minimum absolute atomic E-state index is 0.0502. The van der Waals surface area contributed by atoms with Crippen LogP contribution in [0, 0.1) is 0 Å². The van der Waals surface area contributed by atoms with Gasteiger partial charge in [-0.25, -0.2) is 10.4 Å². The molecule has 0 saturated heterocycles. The lowest BCUT2D eigenvalue weighted by molar-refractivity contribution is 0.0956. The molecular weight excluding hydrogens is 392 g/mol. The number of nitrogens with one attached hydrogen (secondary N) is 1. The third kappa shape index (κ3) is 4.51. The maximum absolute atomic E-state index is 12.9. The van der Waals surface area contributed by atoms with Gasteiger partial charge in [-0.15, -0.1) is 0 Å². The van der Waals surface area contributed by atoms with Crippen LogP contribution in [0.1, 0.15) is 22.8 Å². The van der Waals surface area contributed by atoms with Gasteiger partial charge in [-0.3, -0.25) is 9.78 Å². The van der Waals surface area contributed by atoms with Crippen LogP contribution in [0.2, 0.25) is 0 Å². The van der Waals surface area contributed by atoms with Crippen molar-refractivity contribution < 1.29 is 14.6 Å². The smallest absolute Gasteiger partial charge is 0.272 e. The number of hydrazone groups is 1.